The van der Waals surface area contributed by atoms with E-state index in [9.17, 15) is 4.79 Å². The van der Waals surface area contributed by atoms with Gasteiger partial charge in [0.05, 0.1) is 6.54 Å². The molecule has 1 aliphatic rings. The molecule has 0 atom stereocenters. The summed E-state index contributed by atoms with van der Waals surface area (Å²) < 4.78 is 2.02. The fourth-order valence-electron chi connectivity index (χ4n) is 2.06. The molecular weight excluding hydrogens is 202 g/mol. The van der Waals surface area contributed by atoms with Crippen LogP contribution in [0, 0.1) is 0 Å². The molecule has 4 heteroatoms. The van der Waals surface area contributed by atoms with Gasteiger partial charge in [0.15, 0.2) is 0 Å². The molecule has 1 aromatic rings. The van der Waals surface area contributed by atoms with Crippen LogP contribution in [0.3, 0.4) is 0 Å². The van der Waals surface area contributed by atoms with Gasteiger partial charge in [-0.05, 0) is 31.4 Å². The Kier molecular flexibility index (Phi) is 3.49. The molecule has 0 aromatic carbocycles. The molecule has 0 saturated carbocycles. The highest BCUT2D eigenvalue weighted by atomic mass is 16.2. The Hall–Kier alpha value is -1.45. The summed E-state index contributed by atoms with van der Waals surface area (Å²) in [6.07, 6.45) is 5.51. The molecule has 1 saturated heterocycles. The highest BCUT2D eigenvalue weighted by molar-refractivity contribution is 5.74. The molecule has 0 unspecified atom stereocenters. The monoisotopic (exact) mass is 221 g/mol. The van der Waals surface area contributed by atoms with E-state index in [2.05, 4.69) is 5.32 Å². The van der Waals surface area contributed by atoms with E-state index in [1.165, 1.54) is 6.42 Å². The lowest BCUT2D eigenvalue weighted by atomic mass is 10.1. The van der Waals surface area contributed by atoms with Crippen LogP contribution in [0.4, 0.5) is 4.79 Å². The van der Waals surface area contributed by atoms with Crippen LogP contribution >= 0.6 is 0 Å². The lowest BCUT2D eigenvalue weighted by Crippen LogP contribution is -2.42. The molecule has 0 aliphatic carbocycles. The molecule has 1 aromatic heterocycles. The Labute approximate surface area is 96.2 Å². The number of amides is 2. The van der Waals surface area contributed by atoms with Gasteiger partial charge in [-0.1, -0.05) is 0 Å². The van der Waals surface area contributed by atoms with Gasteiger partial charge in [-0.25, -0.2) is 4.79 Å². The van der Waals surface area contributed by atoms with Crippen molar-refractivity contribution in [3.8, 4) is 0 Å². The summed E-state index contributed by atoms with van der Waals surface area (Å²) in [7, 11) is 1.99. The number of likely N-dealkylation sites (tertiary alicyclic amines) is 1. The van der Waals surface area contributed by atoms with Crippen LogP contribution in [0.1, 0.15) is 25.0 Å². The summed E-state index contributed by atoms with van der Waals surface area (Å²) in [6.45, 7) is 2.41. The number of nitrogens with one attached hydrogen (secondary N) is 1. The third-order valence-electron chi connectivity index (χ3n) is 3.12. The molecule has 1 fully saturated rings. The maximum Gasteiger partial charge on any atom is 0.317 e. The molecule has 0 radical (unpaired) electrons. The first-order chi connectivity index (χ1) is 7.77. The molecule has 2 amide bonds. The quantitative estimate of drug-likeness (QED) is 0.811. The average molecular weight is 221 g/mol. The van der Waals surface area contributed by atoms with Gasteiger partial charge in [-0.2, -0.15) is 0 Å². The number of hydrogen-bond acceptors (Lipinski definition) is 1. The van der Waals surface area contributed by atoms with Gasteiger partial charge in [0.1, 0.15) is 0 Å². The molecule has 88 valence electrons. The number of carbonyl (C=O) groups excluding carboxylic acids is 1. The molecule has 0 bridgehead atoms. The second-order valence-electron chi connectivity index (χ2n) is 4.32. The van der Waals surface area contributed by atoms with Crippen LogP contribution < -0.4 is 5.32 Å². The number of nitrogens with zero attached hydrogens (tertiary/aromatic N) is 2. The van der Waals surface area contributed by atoms with Crippen molar-refractivity contribution in [1.29, 1.82) is 0 Å². The summed E-state index contributed by atoms with van der Waals surface area (Å²) in [4.78, 5) is 13.7. The second-order valence-corrected chi connectivity index (χ2v) is 4.32. The first kappa shape index (κ1) is 11.0. The number of rotatable bonds is 2. The van der Waals surface area contributed by atoms with E-state index >= 15 is 0 Å². The van der Waals surface area contributed by atoms with E-state index < -0.39 is 0 Å². The van der Waals surface area contributed by atoms with Gasteiger partial charge in [0.2, 0.25) is 0 Å². The number of urea groups is 1. The van der Waals surface area contributed by atoms with Gasteiger partial charge in [-0.3, -0.25) is 0 Å². The topological polar surface area (TPSA) is 37.3 Å². The number of carbonyl (C=O) groups is 1. The van der Waals surface area contributed by atoms with E-state index in [0.717, 1.165) is 31.6 Å². The zero-order valence-electron chi connectivity index (χ0n) is 9.78. The standard InChI is InChI=1S/C12H19N3O/c1-14-7-5-6-11(14)10-13-12(16)15-8-3-2-4-9-15/h5-7H,2-4,8-10H2,1H3,(H,13,16). The van der Waals surface area contributed by atoms with Crippen molar-refractivity contribution in [2.24, 2.45) is 7.05 Å². The Morgan fingerprint density at radius 1 is 1.38 bits per heavy atom. The second kappa shape index (κ2) is 5.05. The highest BCUT2D eigenvalue weighted by Crippen LogP contribution is 2.08. The Morgan fingerprint density at radius 3 is 2.75 bits per heavy atom. The fraction of sp³-hybridized carbons (Fsp3) is 0.583. The third-order valence-corrected chi connectivity index (χ3v) is 3.12. The smallest absolute Gasteiger partial charge is 0.317 e. The summed E-state index contributed by atoms with van der Waals surface area (Å²) >= 11 is 0. The van der Waals surface area contributed by atoms with E-state index in [-0.39, 0.29) is 6.03 Å². The lowest BCUT2D eigenvalue weighted by molar-refractivity contribution is 0.186. The van der Waals surface area contributed by atoms with E-state index in [0.29, 0.717) is 6.54 Å². The normalized spacial score (nSPS) is 16.2. The first-order valence-electron chi connectivity index (χ1n) is 5.90. The summed E-state index contributed by atoms with van der Waals surface area (Å²) in [6, 6.07) is 4.08. The van der Waals surface area contributed by atoms with Gasteiger partial charge in [-0.15, -0.1) is 0 Å². The molecule has 1 N–H and O–H groups in total. The van der Waals surface area contributed by atoms with Gasteiger partial charge >= 0.3 is 6.03 Å². The zero-order valence-corrected chi connectivity index (χ0v) is 9.78. The summed E-state index contributed by atoms with van der Waals surface area (Å²) in [5, 5.41) is 2.96. The predicted molar refractivity (Wildman–Crippen MR) is 63.1 cm³/mol. The fourth-order valence-corrected chi connectivity index (χ4v) is 2.06. The molecule has 2 rings (SSSR count). The van der Waals surface area contributed by atoms with E-state index in [1.807, 2.05) is 34.8 Å². The molecule has 0 spiro atoms. The minimum atomic E-state index is 0.0703. The highest BCUT2D eigenvalue weighted by Gasteiger charge is 2.15. The van der Waals surface area contributed by atoms with Crippen molar-refractivity contribution in [2.45, 2.75) is 25.8 Å². The first-order valence-corrected chi connectivity index (χ1v) is 5.90. The van der Waals surface area contributed by atoms with E-state index in [4.69, 9.17) is 0 Å². The summed E-state index contributed by atoms with van der Waals surface area (Å²) in [5.74, 6) is 0. The maximum absolute atomic E-state index is 11.8. The van der Waals surface area contributed by atoms with Crippen molar-refractivity contribution in [3.05, 3.63) is 24.0 Å². The van der Waals surface area contributed by atoms with Crippen molar-refractivity contribution in [2.75, 3.05) is 13.1 Å². The van der Waals surface area contributed by atoms with Crippen LogP contribution in [0.25, 0.3) is 0 Å². The number of piperidine rings is 1. The molecule has 4 nitrogen and oxygen atoms in total. The summed E-state index contributed by atoms with van der Waals surface area (Å²) in [5.41, 5.74) is 1.13. The maximum atomic E-state index is 11.8. The molecule has 16 heavy (non-hydrogen) atoms. The van der Waals surface area contributed by atoms with Crippen LogP contribution in [0.5, 0.6) is 0 Å². The Balaban J connectivity index is 1.81. The minimum absolute atomic E-state index is 0.0703. The van der Waals surface area contributed by atoms with Crippen LogP contribution in [-0.2, 0) is 13.6 Å². The predicted octanol–water partition coefficient (Wildman–Crippen LogP) is 1.72. The zero-order chi connectivity index (χ0) is 11.4. The van der Waals surface area contributed by atoms with Crippen molar-refractivity contribution >= 4 is 6.03 Å². The van der Waals surface area contributed by atoms with E-state index in [1.54, 1.807) is 0 Å². The van der Waals surface area contributed by atoms with Crippen LogP contribution in [0.15, 0.2) is 18.3 Å². The van der Waals surface area contributed by atoms with Crippen molar-refractivity contribution in [3.63, 3.8) is 0 Å². The Bertz CT molecular complexity index is 353. The largest absolute Gasteiger partial charge is 0.353 e. The van der Waals surface area contributed by atoms with Gasteiger partial charge in [0, 0.05) is 32.0 Å². The molecule has 2 heterocycles. The third kappa shape index (κ3) is 2.56. The Morgan fingerprint density at radius 2 is 2.12 bits per heavy atom. The molecule has 1 aliphatic heterocycles. The average Bonchev–Trinajstić information content (AvgIpc) is 2.73. The SMILES string of the molecule is Cn1cccc1CNC(=O)N1CCCCC1. The number of aryl methyl sites for hydroxylation is 1. The van der Waals surface area contributed by atoms with Gasteiger partial charge < -0.3 is 14.8 Å². The van der Waals surface area contributed by atoms with Gasteiger partial charge in [0.25, 0.3) is 0 Å². The molecular formula is C12H19N3O. The minimum Gasteiger partial charge on any atom is -0.353 e. The van der Waals surface area contributed by atoms with Crippen LogP contribution in [-0.4, -0.2) is 28.6 Å². The number of hydrogen-bond donors (Lipinski definition) is 1. The number of aromatic nitrogens is 1. The van der Waals surface area contributed by atoms with Crippen LogP contribution in [0.2, 0.25) is 0 Å². The lowest BCUT2D eigenvalue weighted by Gasteiger charge is -2.26. The van der Waals surface area contributed by atoms with Crippen molar-refractivity contribution < 1.29 is 4.79 Å². The van der Waals surface area contributed by atoms with Crippen molar-refractivity contribution in [1.82, 2.24) is 14.8 Å².